The van der Waals surface area contributed by atoms with Gasteiger partial charge in [0.15, 0.2) is 0 Å². The summed E-state index contributed by atoms with van der Waals surface area (Å²) < 4.78 is 13.9. The Morgan fingerprint density at radius 1 is 1.17 bits per heavy atom. The number of benzene rings is 2. The number of carbonyl (C=O) groups excluding carboxylic acids is 2. The third-order valence-corrected chi connectivity index (χ3v) is 7.40. The molecule has 6 rings (SSSR count). The van der Waals surface area contributed by atoms with Crippen LogP contribution in [0.15, 0.2) is 48.5 Å². The van der Waals surface area contributed by atoms with E-state index >= 15 is 0 Å². The molecule has 0 saturated heterocycles. The van der Waals surface area contributed by atoms with Gasteiger partial charge in [0.2, 0.25) is 5.91 Å². The summed E-state index contributed by atoms with van der Waals surface area (Å²) in [4.78, 5) is 25.9. The van der Waals surface area contributed by atoms with Crippen molar-refractivity contribution in [1.29, 1.82) is 0 Å². The molecule has 1 aliphatic heterocycles. The van der Waals surface area contributed by atoms with Crippen LogP contribution in [0.3, 0.4) is 0 Å². The van der Waals surface area contributed by atoms with Crippen LogP contribution < -0.4 is 16.0 Å². The van der Waals surface area contributed by atoms with Crippen molar-refractivity contribution in [2.75, 3.05) is 5.32 Å². The van der Waals surface area contributed by atoms with E-state index in [9.17, 15) is 14.0 Å². The van der Waals surface area contributed by atoms with Gasteiger partial charge in [-0.1, -0.05) is 37.3 Å². The summed E-state index contributed by atoms with van der Waals surface area (Å²) in [5, 5.41) is 9.80. The Balaban J connectivity index is 1.35. The van der Waals surface area contributed by atoms with Gasteiger partial charge in [-0.05, 0) is 49.3 Å². The molecule has 4 atom stereocenters. The number of rotatable bonds is 3. The van der Waals surface area contributed by atoms with Crippen molar-refractivity contribution in [1.82, 2.24) is 10.6 Å². The van der Waals surface area contributed by atoms with Crippen LogP contribution in [0, 0.1) is 23.1 Å². The van der Waals surface area contributed by atoms with Crippen molar-refractivity contribution >= 4 is 17.5 Å². The van der Waals surface area contributed by atoms with Gasteiger partial charge in [0.05, 0.1) is 5.56 Å². The maximum Gasteiger partial charge on any atom is 0.255 e. The van der Waals surface area contributed by atoms with E-state index in [1.807, 2.05) is 24.3 Å². The first kappa shape index (κ1) is 19.1. The zero-order valence-corrected chi connectivity index (χ0v) is 17.0. The topological polar surface area (TPSA) is 70.2 Å². The molecule has 3 saturated carbocycles. The van der Waals surface area contributed by atoms with E-state index in [0.29, 0.717) is 24.0 Å². The highest BCUT2D eigenvalue weighted by atomic mass is 19.1. The predicted molar refractivity (Wildman–Crippen MR) is 112 cm³/mol. The second-order valence-corrected chi connectivity index (χ2v) is 9.26. The van der Waals surface area contributed by atoms with Gasteiger partial charge in [-0.15, -0.1) is 0 Å². The Morgan fingerprint density at radius 2 is 1.93 bits per heavy atom. The van der Waals surface area contributed by atoms with E-state index in [2.05, 4.69) is 22.9 Å². The summed E-state index contributed by atoms with van der Waals surface area (Å²) in [6.45, 7) is 2.34. The fraction of sp³-hybridized carbons (Fsp3) is 0.417. The Morgan fingerprint density at radius 3 is 2.73 bits per heavy atom. The lowest BCUT2D eigenvalue weighted by atomic mass is 9.51. The molecule has 3 N–H and O–H groups in total. The number of amides is 2. The number of para-hydroxylation sites is 1. The van der Waals surface area contributed by atoms with E-state index in [1.165, 1.54) is 6.07 Å². The molecule has 0 unspecified atom stereocenters. The highest BCUT2D eigenvalue weighted by molar-refractivity contribution is 6.02. The van der Waals surface area contributed by atoms with Crippen molar-refractivity contribution in [3.05, 3.63) is 65.5 Å². The molecule has 2 aromatic rings. The minimum absolute atomic E-state index is 0.0251. The first-order valence-corrected chi connectivity index (χ1v) is 10.6. The van der Waals surface area contributed by atoms with Gasteiger partial charge in [0.25, 0.3) is 5.91 Å². The molecule has 5 nitrogen and oxygen atoms in total. The summed E-state index contributed by atoms with van der Waals surface area (Å²) in [6, 6.07) is 14.1. The first-order chi connectivity index (χ1) is 14.4. The average molecular weight is 407 g/mol. The third-order valence-electron chi connectivity index (χ3n) is 7.40. The molecule has 0 aromatic heterocycles. The third kappa shape index (κ3) is 2.97. The zero-order chi connectivity index (χ0) is 20.9. The van der Waals surface area contributed by atoms with Crippen molar-refractivity contribution in [3.63, 3.8) is 0 Å². The Labute approximate surface area is 175 Å². The van der Waals surface area contributed by atoms with Gasteiger partial charge < -0.3 is 16.0 Å². The number of hydrogen-bond donors (Lipinski definition) is 3. The lowest BCUT2D eigenvalue weighted by molar-refractivity contribution is -0.139. The number of halogens is 1. The molecule has 2 aromatic carbocycles. The molecule has 1 spiro atoms. The lowest BCUT2D eigenvalue weighted by Gasteiger charge is -2.60. The molecular weight excluding hydrogens is 381 g/mol. The summed E-state index contributed by atoms with van der Waals surface area (Å²) >= 11 is 0. The highest BCUT2D eigenvalue weighted by Crippen LogP contribution is 2.58. The molecular formula is C24H26FN3O2. The molecule has 156 valence electrons. The molecule has 0 radical (unpaired) electrons. The Bertz CT molecular complexity index is 1030. The summed E-state index contributed by atoms with van der Waals surface area (Å²) in [5.41, 5.74) is 1.26. The summed E-state index contributed by atoms with van der Waals surface area (Å²) in [6.07, 6.45) is 3.30. The van der Waals surface area contributed by atoms with Crippen LogP contribution in [0.1, 0.15) is 48.5 Å². The van der Waals surface area contributed by atoms with Crippen LogP contribution in [-0.2, 0) is 11.3 Å². The van der Waals surface area contributed by atoms with Gasteiger partial charge in [-0.25, -0.2) is 4.39 Å². The SMILES string of the molecule is C[C@@]12CC[C@H](C[C@@H]1C(=O)NCc1ccccc1F)[C@]1(C2)NC(=O)c2ccccc2N1. The van der Waals surface area contributed by atoms with Crippen molar-refractivity contribution in [2.24, 2.45) is 17.3 Å². The van der Waals surface area contributed by atoms with Gasteiger partial charge in [0, 0.05) is 29.6 Å². The van der Waals surface area contributed by atoms with Crippen LogP contribution in [0.4, 0.5) is 10.1 Å². The zero-order valence-electron chi connectivity index (χ0n) is 17.0. The minimum atomic E-state index is -0.513. The molecule has 6 heteroatoms. The molecule has 3 fully saturated rings. The van der Waals surface area contributed by atoms with Gasteiger partial charge in [-0.2, -0.15) is 0 Å². The summed E-state index contributed by atoms with van der Waals surface area (Å²) in [5.74, 6) is -0.366. The number of nitrogens with one attached hydrogen (secondary N) is 3. The smallest absolute Gasteiger partial charge is 0.255 e. The first-order valence-electron chi connectivity index (χ1n) is 10.6. The van der Waals surface area contributed by atoms with Crippen molar-refractivity contribution in [3.8, 4) is 0 Å². The maximum absolute atomic E-state index is 13.9. The quantitative estimate of drug-likeness (QED) is 0.724. The lowest BCUT2D eigenvalue weighted by Crippen LogP contribution is -2.70. The monoisotopic (exact) mass is 407 g/mol. The van der Waals surface area contributed by atoms with Crippen LogP contribution >= 0.6 is 0 Å². The molecule has 30 heavy (non-hydrogen) atoms. The number of anilines is 1. The highest BCUT2D eigenvalue weighted by Gasteiger charge is 2.60. The number of fused-ring (bicyclic) bond motifs is 3. The Kier molecular flexibility index (Phi) is 4.34. The fourth-order valence-electron chi connectivity index (χ4n) is 5.80. The fourth-order valence-corrected chi connectivity index (χ4v) is 5.80. The molecule has 2 amide bonds. The normalized spacial score (nSPS) is 31.6. The predicted octanol–water partition coefficient (Wildman–Crippen LogP) is 3.82. The maximum atomic E-state index is 13.9. The van der Waals surface area contributed by atoms with Gasteiger partial charge >= 0.3 is 0 Å². The van der Waals surface area contributed by atoms with Gasteiger partial charge in [0.1, 0.15) is 11.5 Å². The average Bonchev–Trinajstić information content (AvgIpc) is 2.72. The van der Waals surface area contributed by atoms with E-state index < -0.39 is 5.66 Å². The molecule has 4 aliphatic rings. The molecule has 2 bridgehead atoms. The van der Waals surface area contributed by atoms with Crippen molar-refractivity contribution in [2.45, 2.75) is 44.8 Å². The largest absolute Gasteiger partial charge is 0.362 e. The van der Waals surface area contributed by atoms with Crippen LogP contribution in [0.2, 0.25) is 0 Å². The van der Waals surface area contributed by atoms with Crippen LogP contribution in [0.5, 0.6) is 0 Å². The second kappa shape index (κ2) is 6.83. The number of carbonyl (C=O) groups is 2. The Hall–Kier alpha value is -2.89. The minimum Gasteiger partial charge on any atom is -0.362 e. The van der Waals surface area contributed by atoms with Crippen LogP contribution in [-0.4, -0.2) is 17.5 Å². The van der Waals surface area contributed by atoms with E-state index in [1.54, 1.807) is 18.2 Å². The van der Waals surface area contributed by atoms with Crippen LogP contribution in [0.25, 0.3) is 0 Å². The van der Waals surface area contributed by atoms with E-state index in [4.69, 9.17) is 0 Å². The van der Waals surface area contributed by atoms with Gasteiger partial charge in [-0.3, -0.25) is 9.59 Å². The standard InChI is InChI=1S/C24H26FN3O2/c1-23-11-10-16(12-18(23)22(30)26-13-15-6-2-4-8-19(15)25)24(14-23)27-20-9-5-3-7-17(20)21(29)28-24/h2-9,16,18,27H,10-14H2,1H3,(H,26,30)(H,28,29)/t16-,18-,23+,24+/m1/s1. The second-order valence-electron chi connectivity index (χ2n) is 9.26. The molecule has 3 aliphatic carbocycles. The molecule has 1 heterocycles. The summed E-state index contributed by atoms with van der Waals surface area (Å²) in [7, 11) is 0. The van der Waals surface area contributed by atoms with E-state index in [0.717, 1.165) is 18.5 Å². The van der Waals surface area contributed by atoms with E-state index in [-0.39, 0.29) is 41.4 Å². The van der Waals surface area contributed by atoms with Crippen molar-refractivity contribution < 1.29 is 14.0 Å². The number of hydrogen-bond acceptors (Lipinski definition) is 3.